The summed E-state index contributed by atoms with van der Waals surface area (Å²) in [6.45, 7) is 5.56. The Labute approximate surface area is 155 Å². The average Bonchev–Trinajstić information content (AvgIpc) is 2.64. The number of aryl methyl sites for hydroxylation is 1. The van der Waals surface area contributed by atoms with Crippen LogP contribution in [0.15, 0.2) is 53.4 Å². The minimum absolute atomic E-state index is 0.0345. The number of likely N-dealkylation sites (tertiary alicyclic amines) is 1. The molecule has 5 nitrogen and oxygen atoms in total. The van der Waals surface area contributed by atoms with Gasteiger partial charge in [0.05, 0.1) is 10.6 Å². The number of hydrogen-bond donors (Lipinski definition) is 1. The number of piperidine rings is 1. The maximum atomic E-state index is 12.6. The first kappa shape index (κ1) is 18.5. The van der Waals surface area contributed by atoms with Gasteiger partial charge in [-0.15, -0.1) is 0 Å². The van der Waals surface area contributed by atoms with Crippen LogP contribution in [0.4, 0.5) is 5.69 Å². The van der Waals surface area contributed by atoms with Gasteiger partial charge in [-0.3, -0.25) is 9.52 Å². The lowest BCUT2D eigenvalue weighted by Gasteiger charge is -2.30. The number of anilines is 1. The SMILES string of the molecule is Cc1ccccc1NS(=O)(=O)c1ccc(C(=O)N2CCC(C)CC2)cc1. The smallest absolute Gasteiger partial charge is 0.261 e. The van der Waals surface area contributed by atoms with Gasteiger partial charge in [-0.1, -0.05) is 25.1 Å². The van der Waals surface area contributed by atoms with E-state index in [-0.39, 0.29) is 10.8 Å². The molecular weight excluding hydrogens is 348 g/mol. The number of sulfonamides is 1. The maximum Gasteiger partial charge on any atom is 0.261 e. The highest BCUT2D eigenvalue weighted by Crippen LogP contribution is 2.21. The van der Waals surface area contributed by atoms with E-state index in [1.54, 1.807) is 24.3 Å². The zero-order valence-electron chi connectivity index (χ0n) is 15.1. The standard InChI is InChI=1S/C20H24N2O3S/c1-15-11-13-22(14-12-15)20(23)17-7-9-18(10-8-17)26(24,25)21-19-6-4-3-5-16(19)2/h3-10,15,21H,11-14H2,1-2H3. The highest BCUT2D eigenvalue weighted by molar-refractivity contribution is 7.92. The molecule has 1 amide bonds. The van der Waals surface area contributed by atoms with Crippen LogP contribution in [-0.4, -0.2) is 32.3 Å². The van der Waals surface area contributed by atoms with Gasteiger partial charge in [-0.05, 0) is 61.6 Å². The molecule has 3 rings (SSSR count). The number of nitrogens with zero attached hydrogens (tertiary/aromatic N) is 1. The molecule has 6 heteroatoms. The second kappa shape index (κ2) is 7.50. The van der Waals surface area contributed by atoms with Crippen molar-refractivity contribution in [2.45, 2.75) is 31.6 Å². The predicted octanol–water partition coefficient (Wildman–Crippen LogP) is 3.67. The molecule has 2 aromatic carbocycles. The molecule has 1 fully saturated rings. The number of para-hydroxylation sites is 1. The van der Waals surface area contributed by atoms with E-state index in [9.17, 15) is 13.2 Å². The van der Waals surface area contributed by atoms with Gasteiger partial charge >= 0.3 is 0 Å². The summed E-state index contributed by atoms with van der Waals surface area (Å²) >= 11 is 0. The summed E-state index contributed by atoms with van der Waals surface area (Å²) < 4.78 is 27.7. The third-order valence-electron chi connectivity index (χ3n) is 4.87. The van der Waals surface area contributed by atoms with Crippen LogP contribution in [0.5, 0.6) is 0 Å². The Hall–Kier alpha value is -2.34. The van der Waals surface area contributed by atoms with Gasteiger partial charge in [-0.25, -0.2) is 8.42 Å². The Kier molecular flexibility index (Phi) is 5.32. The molecule has 0 bridgehead atoms. The van der Waals surface area contributed by atoms with E-state index in [1.165, 1.54) is 12.1 Å². The number of carbonyl (C=O) groups is 1. The first-order chi connectivity index (χ1) is 12.4. The highest BCUT2D eigenvalue weighted by Gasteiger charge is 2.22. The fraction of sp³-hybridized carbons (Fsp3) is 0.350. The summed E-state index contributed by atoms with van der Waals surface area (Å²) in [5, 5.41) is 0. The lowest BCUT2D eigenvalue weighted by molar-refractivity contribution is 0.0697. The van der Waals surface area contributed by atoms with Crippen molar-refractivity contribution < 1.29 is 13.2 Å². The van der Waals surface area contributed by atoms with Crippen molar-refractivity contribution in [1.29, 1.82) is 0 Å². The van der Waals surface area contributed by atoms with Crippen LogP contribution in [0.2, 0.25) is 0 Å². The molecule has 1 heterocycles. The van der Waals surface area contributed by atoms with Gasteiger partial charge in [-0.2, -0.15) is 0 Å². The van der Waals surface area contributed by atoms with E-state index >= 15 is 0 Å². The fourth-order valence-electron chi connectivity index (χ4n) is 3.06. The van der Waals surface area contributed by atoms with Crippen molar-refractivity contribution in [2.75, 3.05) is 17.8 Å². The van der Waals surface area contributed by atoms with Crippen molar-refractivity contribution in [1.82, 2.24) is 4.90 Å². The maximum absolute atomic E-state index is 12.6. The number of benzene rings is 2. The van der Waals surface area contributed by atoms with Gasteiger partial charge in [0.15, 0.2) is 0 Å². The Morgan fingerprint density at radius 3 is 2.27 bits per heavy atom. The minimum Gasteiger partial charge on any atom is -0.339 e. The monoisotopic (exact) mass is 372 g/mol. The quantitative estimate of drug-likeness (QED) is 0.890. The van der Waals surface area contributed by atoms with Crippen molar-refractivity contribution in [2.24, 2.45) is 5.92 Å². The van der Waals surface area contributed by atoms with Crippen LogP contribution in [0.3, 0.4) is 0 Å². The molecule has 0 aromatic heterocycles. The van der Waals surface area contributed by atoms with Gasteiger partial charge in [0.2, 0.25) is 0 Å². The first-order valence-electron chi connectivity index (χ1n) is 8.84. The van der Waals surface area contributed by atoms with E-state index in [4.69, 9.17) is 0 Å². The molecule has 2 aromatic rings. The fourth-order valence-corrected chi connectivity index (χ4v) is 4.19. The second-order valence-corrected chi connectivity index (χ2v) is 8.60. The molecule has 1 N–H and O–H groups in total. The van der Waals surface area contributed by atoms with E-state index in [0.717, 1.165) is 31.5 Å². The third kappa shape index (κ3) is 4.07. The van der Waals surface area contributed by atoms with Gasteiger partial charge < -0.3 is 4.90 Å². The number of nitrogens with one attached hydrogen (secondary N) is 1. The molecule has 26 heavy (non-hydrogen) atoms. The van der Waals surface area contributed by atoms with Crippen molar-refractivity contribution in [3.63, 3.8) is 0 Å². The molecule has 1 aliphatic heterocycles. The van der Waals surface area contributed by atoms with Crippen molar-refractivity contribution >= 4 is 21.6 Å². The van der Waals surface area contributed by atoms with Gasteiger partial charge in [0.1, 0.15) is 0 Å². The van der Waals surface area contributed by atoms with Crippen LogP contribution in [-0.2, 0) is 10.0 Å². The zero-order chi connectivity index (χ0) is 18.7. The Morgan fingerprint density at radius 1 is 1.04 bits per heavy atom. The predicted molar refractivity (Wildman–Crippen MR) is 103 cm³/mol. The molecule has 0 unspecified atom stereocenters. The first-order valence-corrected chi connectivity index (χ1v) is 10.3. The number of carbonyl (C=O) groups excluding carboxylic acids is 1. The third-order valence-corrected chi connectivity index (χ3v) is 6.25. The Balaban J connectivity index is 1.74. The second-order valence-electron chi connectivity index (χ2n) is 6.92. The Morgan fingerprint density at radius 2 is 1.65 bits per heavy atom. The highest BCUT2D eigenvalue weighted by atomic mass is 32.2. The largest absolute Gasteiger partial charge is 0.339 e. The molecule has 138 valence electrons. The zero-order valence-corrected chi connectivity index (χ0v) is 15.9. The lowest BCUT2D eigenvalue weighted by Crippen LogP contribution is -2.37. The topological polar surface area (TPSA) is 66.5 Å². The molecule has 0 saturated carbocycles. The lowest BCUT2D eigenvalue weighted by atomic mass is 9.98. The summed E-state index contributed by atoms with van der Waals surface area (Å²) in [5.74, 6) is 0.617. The molecule has 1 aliphatic rings. The van der Waals surface area contributed by atoms with Crippen LogP contribution in [0, 0.1) is 12.8 Å². The van der Waals surface area contributed by atoms with E-state index in [0.29, 0.717) is 17.2 Å². The van der Waals surface area contributed by atoms with E-state index < -0.39 is 10.0 Å². The summed E-state index contributed by atoms with van der Waals surface area (Å²) in [7, 11) is -3.69. The van der Waals surface area contributed by atoms with Crippen LogP contribution < -0.4 is 4.72 Å². The normalized spacial score (nSPS) is 15.7. The summed E-state index contributed by atoms with van der Waals surface area (Å²) in [4.78, 5) is 14.5. The van der Waals surface area contributed by atoms with Crippen molar-refractivity contribution in [3.8, 4) is 0 Å². The molecule has 0 aliphatic carbocycles. The summed E-state index contributed by atoms with van der Waals surface area (Å²) in [6, 6.07) is 13.4. The molecule has 1 saturated heterocycles. The Bertz CT molecular complexity index is 884. The summed E-state index contributed by atoms with van der Waals surface area (Å²) in [6.07, 6.45) is 2.02. The number of rotatable bonds is 4. The molecular formula is C20H24N2O3S. The average molecular weight is 372 g/mol. The van der Waals surface area contributed by atoms with Gasteiger partial charge in [0.25, 0.3) is 15.9 Å². The minimum atomic E-state index is -3.69. The van der Waals surface area contributed by atoms with E-state index in [2.05, 4.69) is 11.6 Å². The summed E-state index contributed by atoms with van der Waals surface area (Å²) in [5.41, 5.74) is 1.92. The number of hydrogen-bond acceptors (Lipinski definition) is 3. The molecule has 0 spiro atoms. The number of amides is 1. The van der Waals surface area contributed by atoms with E-state index in [1.807, 2.05) is 24.0 Å². The van der Waals surface area contributed by atoms with Gasteiger partial charge in [0, 0.05) is 18.7 Å². The van der Waals surface area contributed by atoms with Crippen LogP contribution in [0.1, 0.15) is 35.7 Å². The molecule has 0 radical (unpaired) electrons. The van der Waals surface area contributed by atoms with Crippen molar-refractivity contribution in [3.05, 3.63) is 59.7 Å². The van der Waals surface area contributed by atoms with Crippen LogP contribution in [0.25, 0.3) is 0 Å². The molecule has 0 atom stereocenters. The van der Waals surface area contributed by atoms with Crippen LogP contribution >= 0.6 is 0 Å².